The van der Waals surface area contributed by atoms with Crippen LogP contribution in [0, 0.1) is 0 Å². The van der Waals surface area contributed by atoms with Gasteiger partial charge in [-0.15, -0.1) is 0 Å². The van der Waals surface area contributed by atoms with Crippen LogP contribution in [0.1, 0.15) is 27.0 Å². The molecule has 20 heavy (non-hydrogen) atoms. The van der Waals surface area contributed by atoms with Crippen molar-refractivity contribution in [1.29, 1.82) is 0 Å². The molecule has 0 unspecified atom stereocenters. The van der Waals surface area contributed by atoms with E-state index in [-0.39, 0.29) is 5.78 Å². The Hall–Kier alpha value is -1.84. The van der Waals surface area contributed by atoms with Crippen LogP contribution < -0.4 is 4.74 Å². The van der Waals surface area contributed by atoms with Crippen molar-refractivity contribution < 1.29 is 14.3 Å². The van der Waals surface area contributed by atoms with Gasteiger partial charge >= 0.3 is 0 Å². The normalized spacial score (nSPS) is 13.1. The Labute approximate surface area is 122 Å². The van der Waals surface area contributed by atoms with Crippen molar-refractivity contribution in [2.45, 2.75) is 13.2 Å². The predicted octanol–water partition coefficient (Wildman–Crippen LogP) is 3.61. The van der Waals surface area contributed by atoms with E-state index in [1.165, 1.54) is 0 Å². The molecule has 3 rings (SSSR count). The van der Waals surface area contributed by atoms with Crippen molar-refractivity contribution in [2.24, 2.45) is 0 Å². The first-order valence-electron chi connectivity index (χ1n) is 6.27. The molecule has 0 atom stereocenters. The van der Waals surface area contributed by atoms with Crippen molar-refractivity contribution in [3.8, 4) is 5.75 Å². The van der Waals surface area contributed by atoms with E-state index >= 15 is 0 Å². The highest BCUT2D eigenvalue weighted by Crippen LogP contribution is 2.27. The van der Waals surface area contributed by atoms with Gasteiger partial charge in [-0.2, -0.15) is 0 Å². The van der Waals surface area contributed by atoms with E-state index in [4.69, 9.17) is 21.1 Å². The van der Waals surface area contributed by atoms with Gasteiger partial charge in [0, 0.05) is 11.1 Å². The van der Waals surface area contributed by atoms with Crippen LogP contribution in [0.25, 0.3) is 0 Å². The molecule has 1 aliphatic heterocycles. The summed E-state index contributed by atoms with van der Waals surface area (Å²) in [6, 6.07) is 10.7. The summed E-state index contributed by atoms with van der Waals surface area (Å²) in [6.45, 7) is 1.18. The van der Waals surface area contributed by atoms with E-state index in [1.807, 2.05) is 18.2 Å². The first-order chi connectivity index (χ1) is 9.69. The van der Waals surface area contributed by atoms with Crippen molar-refractivity contribution >= 4 is 17.4 Å². The summed E-state index contributed by atoms with van der Waals surface area (Å²) < 4.78 is 10.4. The van der Waals surface area contributed by atoms with Crippen LogP contribution >= 0.6 is 11.6 Å². The number of fused-ring (bicyclic) bond motifs is 1. The van der Waals surface area contributed by atoms with Gasteiger partial charge in [0.15, 0.2) is 5.78 Å². The second-order valence-corrected chi connectivity index (χ2v) is 5.06. The molecular formula is C16H13ClO3. The number of methoxy groups -OCH3 is 1. The molecule has 2 aromatic carbocycles. The van der Waals surface area contributed by atoms with Crippen LogP contribution in [0.15, 0.2) is 36.4 Å². The van der Waals surface area contributed by atoms with E-state index in [9.17, 15) is 4.79 Å². The number of ether oxygens (including phenoxy) is 2. The third-order valence-electron chi connectivity index (χ3n) is 3.40. The van der Waals surface area contributed by atoms with Crippen LogP contribution in [-0.4, -0.2) is 12.9 Å². The SMILES string of the molecule is COc1ccc(C(=O)c2ccc3c(c2)COC3)c(Cl)c1. The number of halogens is 1. The lowest BCUT2D eigenvalue weighted by atomic mass is 9.99. The number of hydrogen-bond donors (Lipinski definition) is 0. The summed E-state index contributed by atoms with van der Waals surface area (Å²) in [7, 11) is 1.56. The minimum Gasteiger partial charge on any atom is -0.497 e. The molecule has 102 valence electrons. The number of benzene rings is 2. The van der Waals surface area contributed by atoms with Gasteiger partial charge in [-0.3, -0.25) is 4.79 Å². The van der Waals surface area contributed by atoms with Gasteiger partial charge in [0.05, 0.1) is 25.3 Å². The molecule has 0 bridgehead atoms. The smallest absolute Gasteiger partial charge is 0.194 e. The van der Waals surface area contributed by atoms with Crippen molar-refractivity contribution in [3.05, 3.63) is 63.7 Å². The zero-order valence-corrected chi connectivity index (χ0v) is 11.7. The number of ketones is 1. The lowest BCUT2D eigenvalue weighted by molar-refractivity contribution is 0.103. The van der Waals surface area contributed by atoms with Gasteiger partial charge in [-0.1, -0.05) is 23.7 Å². The van der Waals surface area contributed by atoms with Gasteiger partial charge in [0.2, 0.25) is 0 Å². The summed E-state index contributed by atoms with van der Waals surface area (Å²) >= 11 is 6.14. The Kier molecular flexibility index (Phi) is 3.47. The van der Waals surface area contributed by atoms with E-state index in [0.717, 1.165) is 11.1 Å². The molecule has 0 N–H and O–H groups in total. The number of carbonyl (C=O) groups is 1. The summed E-state index contributed by atoms with van der Waals surface area (Å²) in [5.41, 5.74) is 3.32. The predicted molar refractivity (Wildman–Crippen MR) is 76.4 cm³/mol. The number of carbonyl (C=O) groups excluding carboxylic acids is 1. The highest BCUT2D eigenvalue weighted by molar-refractivity contribution is 6.35. The molecule has 0 saturated carbocycles. The first-order valence-corrected chi connectivity index (χ1v) is 6.64. The van der Waals surface area contributed by atoms with Crippen LogP contribution in [0.3, 0.4) is 0 Å². The zero-order chi connectivity index (χ0) is 14.1. The molecule has 3 nitrogen and oxygen atoms in total. The van der Waals surface area contributed by atoms with Crippen LogP contribution in [0.5, 0.6) is 5.75 Å². The fourth-order valence-electron chi connectivity index (χ4n) is 2.28. The van der Waals surface area contributed by atoms with Crippen LogP contribution in [0.2, 0.25) is 5.02 Å². The maximum atomic E-state index is 12.5. The highest BCUT2D eigenvalue weighted by Gasteiger charge is 2.17. The van der Waals surface area contributed by atoms with Gasteiger partial charge in [-0.25, -0.2) is 0 Å². The Balaban J connectivity index is 1.96. The minimum atomic E-state index is -0.0904. The van der Waals surface area contributed by atoms with E-state index in [0.29, 0.717) is 35.1 Å². The van der Waals surface area contributed by atoms with E-state index in [1.54, 1.807) is 25.3 Å². The molecule has 0 spiro atoms. The fourth-order valence-corrected chi connectivity index (χ4v) is 2.53. The molecular weight excluding hydrogens is 276 g/mol. The summed E-state index contributed by atoms with van der Waals surface area (Å²) in [6.07, 6.45) is 0. The minimum absolute atomic E-state index is 0.0904. The molecule has 2 aromatic rings. The average molecular weight is 289 g/mol. The summed E-state index contributed by atoms with van der Waals surface area (Å²) in [5.74, 6) is 0.543. The third-order valence-corrected chi connectivity index (χ3v) is 3.72. The monoisotopic (exact) mass is 288 g/mol. The summed E-state index contributed by atoms with van der Waals surface area (Å²) in [4.78, 5) is 12.5. The van der Waals surface area contributed by atoms with Gasteiger partial charge < -0.3 is 9.47 Å². The molecule has 0 aliphatic carbocycles. The molecule has 1 aliphatic rings. The highest BCUT2D eigenvalue weighted by atomic mass is 35.5. The molecule has 4 heteroatoms. The van der Waals surface area contributed by atoms with Gasteiger partial charge in [-0.05, 0) is 35.4 Å². The largest absolute Gasteiger partial charge is 0.497 e. The lowest BCUT2D eigenvalue weighted by Gasteiger charge is -2.07. The Morgan fingerprint density at radius 3 is 2.70 bits per heavy atom. The first kappa shape index (κ1) is 13.2. The van der Waals surface area contributed by atoms with Crippen molar-refractivity contribution in [2.75, 3.05) is 7.11 Å². The van der Waals surface area contributed by atoms with Gasteiger partial charge in [0.25, 0.3) is 0 Å². The Bertz CT molecular complexity index is 679. The second kappa shape index (κ2) is 5.27. The third kappa shape index (κ3) is 2.30. The quantitative estimate of drug-likeness (QED) is 0.810. The topological polar surface area (TPSA) is 35.5 Å². The number of hydrogen-bond acceptors (Lipinski definition) is 3. The van der Waals surface area contributed by atoms with E-state index in [2.05, 4.69) is 0 Å². The van der Waals surface area contributed by atoms with Crippen LogP contribution in [0.4, 0.5) is 0 Å². The maximum Gasteiger partial charge on any atom is 0.194 e. The van der Waals surface area contributed by atoms with Crippen LogP contribution in [-0.2, 0) is 18.0 Å². The Morgan fingerprint density at radius 2 is 1.95 bits per heavy atom. The lowest BCUT2D eigenvalue weighted by Crippen LogP contribution is -2.03. The van der Waals surface area contributed by atoms with Crippen molar-refractivity contribution in [1.82, 2.24) is 0 Å². The molecule has 1 heterocycles. The standard InChI is InChI=1S/C16H13ClO3/c1-19-13-4-5-14(15(17)7-13)16(18)10-2-3-11-8-20-9-12(11)6-10/h2-7H,8-9H2,1H3. The molecule has 0 aromatic heterocycles. The van der Waals surface area contributed by atoms with Crippen molar-refractivity contribution in [3.63, 3.8) is 0 Å². The van der Waals surface area contributed by atoms with E-state index < -0.39 is 0 Å². The molecule has 0 radical (unpaired) electrons. The van der Waals surface area contributed by atoms with Gasteiger partial charge in [0.1, 0.15) is 5.75 Å². The zero-order valence-electron chi connectivity index (χ0n) is 11.0. The molecule has 0 fully saturated rings. The summed E-state index contributed by atoms with van der Waals surface area (Å²) in [5, 5.41) is 0.395. The number of rotatable bonds is 3. The second-order valence-electron chi connectivity index (χ2n) is 4.65. The average Bonchev–Trinajstić information content (AvgIpc) is 2.93. The molecule has 0 saturated heterocycles. The molecule has 0 amide bonds. The maximum absolute atomic E-state index is 12.5. The Morgan fingerprint density at radius 1 is 1.15 bits per heavy atom. The fraction of sp³-hybridized carbons (Fsp3) is 0.188.